The molecule has 5 nitrogen and oxygen atoms in total. The van der Waals surface area contributed by atoms with Gasteiger partial charge >= 0.3 is 0 Å². The molecule has 0 unspecified atom stereocenters. The van der Waals surface area contributed by atoms with Crippen molar-refractivity contribution >= 4 is 23.3 Å². The van der Waals surface area contributed by atoms with Gasteiger partial charge in [0.15, 0.2) is 0 Å². The van der Waals surface area contributed by atoms with Gasteiger partial charge in [0.05, 0.1) is 23.4 Å². The molecule has 1 N–H and O–H groups in total. The largest absolute Gasteiger partial charge is 0.368 e. The number of hydrogen-bond donors (Lipinski definition) is 1. The molecular formula is C17H13N3O2. The number of carbonyl (C=O) groups excluding carboxylic acids is 2. The van der Waals surface area contributed by atoms with E-state index in [1.807, 2.05) is 18.2 Å². The lowest BCUT2D eigenvalue weighted by Crippen LogP contribution is -2.29. The summed E-state index contributed by atoms with van der Waals surface area (Å²) in [5, 5.41) is 3.19. The van der Waals surface area contributed by atoms with E-state index in [0.29, 0.717) is 16.8 Å². The molecule has 2 amide bonds. The molecule has 2 aliphatic rings. The normalized spacial score (nSPS) is 16.5. The van der Waals surface area contributed by atoms with Crippen LogP contribution in [0.15, 0.2) is 53.5 Å². The summed E-state index contributed by atoms with van der Waals surface area (Å²) in [4.78, 5) is 30.6. The molecule has 0 saturated heterocycles. The Morgan fingerprint density at radius 2 is 1.68 bits per heavy atom. The Labute approximate surface area is 127 Å². The van der Waals surface area contributed by atoms with Gasteiger partial charge in [-0.1, -0.05) is 24.3 Å². The Hall–Kier alpha value is -2.95. The zero-order chi connectivity index (χ0) is 15.1. The topological polar surface area (TPSA) is 61.8 Å². The van der Waals surface area contributed by atoms with Gasteiger partial charge in [0.1, 0.15) is 5.84 Å². The van der Waals surface area contributed by atoms with Crippen molar-refractivity contribution in [3.05, 3.63) is 65.2 Å². The fraction of sp³-hybridized carbons (Fsp3) is 0.118. The van der Waals surface area contributed by atoms with Crippen LogP contribution in [-0.2, 0) is 0 Å². The summed E-state index contributed by atoms with van der Waals surface area (Å²) in [5.41, 5.74) is 2.36. The molecule has 2 aromatic rings. The maximum absolute atomic E-state index is 12.5. The first kappa shape index (κ1) is 12.8. The third-order valence-corrected chi connectivity index (χ3v) is 3.85. The van der Waals surface area contributed by atoms with Gasteiger partial charge < -0.3 is 5.32 Å². The van der Waals surface area contributed by atoms with E-state index in [1.54, 1.807) is 30.3 Å². The molecule has 5 heteroatoms. The minimum absolute atomic E-state index is 0.279. The maximum Gasteiger partial charge on any atom is 0.266 e. The summed E-state index contributed by atoms with van der Waals surface area (Å²) in [5.74, 6) is 0.247. The molecule has 0 aromatic heterocycles. The number of carbonyl (C=O) groups is 2. The average molecular weight is 291 g/mol. The molecule has 2 aromatic carbocycles. The molecule has 0 aliphatic carbocycles. The van der Waals surface area contributed by atoms with E-state index in [-0.39, 0.29) is 11.8 Å². The van der Waals surface area contributed by atoms with Crippen LogP contribution in [-0.4, -0.2) is 30.7 Å². The van der Waals surface area contributed by atoms with Crippen LogP contribution in [0.1, 0.15) is 26.3 Å². The molecule has 0 fully saturated rings. The second kappa shape index (κ2) is 4.80. The molecule has 108 valence electrons. The fourth-order valence-corrected chi connectivity index (χ4v) is 2.81. The van der Waals surface area contributed by atoms with Gasteiger partial charge in [-0.15, -0.1) is 0 Å². The lowest BCUT2D eigenvalue weighted by molar-refractivity contribution is 0.0926. The van der Waals surface area contributed by atoms with E-state index < -0.39 is 0 Å². The minimum Gasteiger partial charge on any atom is -0.368 e. The fourth-order valence-electron chi connectivity index (χ4n) is 2.81. The summed E-state index contributed by atoms with van der Waals surface area (Å²) < 4.78 is 0. The van der Waals surface area contributed by atoms with Crippen LogP contribution in [0, 0.1) is 0 Å². The highest BCUT2D eigenvalue weighted by atomic mass is 16.2. The molecule has 4 rings (SSSR count). The predicted molar refractivity (Wildman–Crippen MR) is 83.4 cm³/mol. The van der Waals surface area contributed by atoms with Crippen LogP contribution < -0.4 is 10.2 Å². The Morgan fingerprint density at radius 3 is 2.32 bits per heavy atom. The maximum atomic E-state index is 12.5. The molecule has 0 spiro atoms. The number of rotatable bonds is 2. The second-order valence-corrected chi connectivity index (χ2v) is 5.20. The Morgan fingerprint density at radius 1 is 0.955 bits per heavy atom. The zero-order valence-electron chi connectivity index (χ0n) is 11.7. The first-order valence-electron chi connectivity index (χ1n) is 7.12. The second-order valence-electron chi connectivity index (χ2n) is 5.20. The van der Waals surface area contributed by atoms with Gasteiger partial charge in [0, 0.05) is 12.1 Å². The van der Waals surface area contributed by atoms with E-state index >= 15 is 0 Å². The number of fused-ring (bicyclic) bond motifs is 1. The molecule has 22 heavy (non-hydrogen) atoms. The van der Waals surface area contributed by atoms with Crippen LogP contribution in [0.25, 0.3) is 0 Å². The Balaban J connectivity index is 1.76. The molecule has 0 bridgehead atoms. The van der Waals surface area contributed by atoms with Crippen molar-refractivity contribution in [1.82, 2.24) is 5.32 Å². The van der Waals surface area contributed by atoms with Crippen LogP contribution >= 0.6 is 0 Å². The SMILES string of the molecule is O=C1c2ccccc2C(=O)N1c1cccc(C2=NCCN2)c1. The van der Waals surface area contributed by atoms with Crippen molar-refractivity contribution < 1.29 is 9.59 Å². The molecule has 0 saturated carbocycles. The molecule has 2 heterocycles. The summed E-state index contributed by atoms with van der Waals surface area (Å²) in [6.07, 6.45) is 0. The van der Waals surface area contributed by atoms with Crippen molar-refractivity contribution in [2.45, 2.75) is 0 Å². The van der Waals surface area contributed by atoms with Gasteiger partial charge in [-0.05, 0) is 24.3 Å². The van der Waals surface area contributed by atoms with Crippen LogP contribution in [0.5, 0.6) is 0 Å². The van der Waals surface area contributed by atoms with Crippen molar-refractivity contribution in [1.29, 1.82) is 0 Å². The van der Waals surface area contributed by atoms with Crippen molar-refractivity contribution in [3.8, 4) is 0 Å². The Kier molecular flexibility index (Phi) is 2.79. The highest BCUT2D eigenvalue weighted by Gasteiger charge is 2.36. The van der Waals surface area contributed by atoms with E-state index in [4.69, 9.17) is 0 Å². The van der Waals surface area contributed by atoms with Crippen molar-refractivity contribution in [2.24, 2.45) is 4.99 Å². The molecular weight excluding hydrogens is 278 g/mol. The Bertz CT molecular complexity index is 791. The van der Waals surface area contributed by atoms with Crippen LogP contribution in [0.2, 0.25) is 0 Å². The average Bonchev–Trinajstić information content (AvgIpc) is 3.17. The standard InChI is InChI=1S/C17H13N3O2/c21-16-13-6-1-2-7-14(13)17(22)20(16)12-5-3-4-11(10-12)15-18-8-9-19-15/h1-7,10H,8-9H2,(H,18,19). The number of amides is 2. The first-order valence-corrected chi connectivity index (χ1v) is 7.12. The van der Waals surface area contributed by atoms with Crippen molar-refractivity contribution in [2.75, 3.05) is 18.0 Å². The number of benzene rings is 2. The number of anilines is 1. The third-order valence-electron chi connectivity index (χ3n) is 3.85. The van der Waals surface area contributed by atoms with Crippen molar-refractivity contribution in [3.63, 3.8) is 0 Å². The smallest absolute Gasteiger partial charge is 0.266 e. The van der Waals surface area contributed by atoms with Gasteiger partial charge in [0.25, 0.3) is 11.8 Å². The highest BCUT2D eigenvalue weighted by molar-refractivity contribution is 6.34. The third kappa shape index (κ3) is 1.83. The first-order chi connectivity index (χ1) is 10.8. The minimum atomic E-state index is -0.279. The number of imide groups is 1. The summed E-state index contributed by atoms with van der Waals surface area (Å²) in [6.45, 7) is 1.55. The molecule has 0 atom stereocenters. The summed E-state index contributed by atoms with van der Waals surface area (Å²) in [7, 11) is 0. The van der Waals surface area contributed by atoms with Crippen LogP contribution in [0.3, 0.4) is 0 Å². The van der Waals surface area contributed by atoms with E-state index in [1.165, 1.54) is 4.90 Å². The number of hydrogen-bond acceptors (Lipinski definition) is 4. The summed E-state index contributed by atoms with van der Waals surface area (Å²) >= 11 is 0. The molecule has 0 radical (unpaired) electrons. The highest BCUT2D eigenvalue weighted by Crippen LogP contribution is 2.28. The lowest BCUT2D eigenvalue weighted by Gasteiger charge is -2.15. The monoisotopic (exact) mass is 291 g/mol. The number of nitrogens with one attached hydrogen (secondary N) is 1. The van der Waals surface area contributed by atoms with Gasteiger partial charge in [-0.25, -0.2) is 4.90 Å². The predicted octanol–water partition coefficient (Wildman–Crippen LogP) is 1.84. The lowest BCUT2D eigenvalue weighted by atomic mass is 10.1. The van der Waals surface area contributed by atoms with E-state index in [0.717, 1.165) is 24.5 Å². The molecule has 2 aliphatic heterocycles. The van der Waals surface area contributed by atoms with E-state index in [2.05, 4.69) is 10.3 Å². The number of amidine groups is 1. The van der Waals surface area contributed by atoms with Gasteiger partial charge in [-0.2, -0.15) is 0 Å². The van der Waals surface area contributed by atoms with E-state index in [9.17, 15) is 9.59 Å². The summed E-state index contributed by atoms with van der Waals surface area (Å²) in [6, 6.07) is 14.2. The van der Waals surface area contributed by atoms with Gasteiger partial charge in [-0.3, -0.25) is 14.6 Å². The van der Waals surface area contributed by atoms with Crippen LogP contribution in [0.4, 0.5) is 5.69 Å². The number of nitrogens with zero attached hydrogens (tertiary/aromatic N) is 2. The number of aliphatic imine (C=N–C) groups is 1. The zero-order valence-corrected chi connectivity index (χ0v) is 11.7. The van der Waals surface area contributed by atoms with Gasteiger partial charge in [0.2, 0.25) is 0 Å². The quantitative estimate of drug-likeness (QED) is 0.859.